The standard InChI is InChI=1S/C9H11BrO2/c1-11-8-3-2-4-9(7-8)12-6-5-10/h2-4,7H,5-6H2,1H3. The first-order valence-electron chi connectivity index (χ1n) is 3.69. The molecule has 0 saturated heterocycles. The molecule has 0 fully saturated rings. The first kappa shape index (κ1) is 9.39. The van der Waals surface area contributed by atoms with Crippen molar-refractivity contribution in [2.75, 3.05) is 19.0 Å². The van der Waals surface area contributed by atoms with Gasteiger partial charge < -0.3 is 9.47 Å². The molecule has 0 bridgehead atoms. The number of rotatable bonds is 4. The molecule has 0 unspecified atom stereocenters. The van der Waals surface area contributed by atoms with Gasteiger partial charge in [-0.2, -0.15) is 0 Å². The molecule has 1 rings (SSSR count). The Hall–Kier alpha value is -0.700. The van der Waals surface area contributed by atoms with Crippen LogP contribution >= 0.6 is 15.9 Å². The van der Waals surface area contributed by atoms with Gasteiger partial charge in [0.05, 0.1) is 13.7 Å². The average molecular weight is 231 g/mol. The molecule has 0 amide bonds. The minimum absolute atomic E-state index is 0.674. The Labute approximate surface area is 80.6 Å². The molecule has 0 aromatic heterocycles. The largest absolute Gasteiger partial charge is 0.497 e. The SMILES string of the molecule is COc1cccc(OCCBr)c1. The van der Waals surface area contributed by atoms with Crippen molar-refractivity contribution in [1.82, 2.24) is 0 Å². The number of methoxy groups -OCH3 is 1. The van der Waals surface area contributed by atoms with Gasteiger partial charge in [-0.1, -0.05) is 22.0 Å². The number of hydrogen-bond acceptors (Lipinski definition) is 2. The van der Waals surface area contributed by atoms with Crippen LogP contribution in [-0.4, -0.2) is 19.0 Å². The topological polar surface area (TPSA) is 18.5 Å². The first-order chi connectivity index (χ1) is 5.86. The Morgan fingerprint density at radius 1 is 1.33 bits per heavy atom. The van der Waals surface area contributed by atoms with E-state index in [1.165, 1.54) is 0 Å². The predicted octanol–water partition coefficient (Wildman–Crippen LogP) is 2.47. The van der Waals surface area contributed by atoms with Gasteiger partial charge in [-0.05, 0) is 12.1 Å². The lowest BCUT2D eigenvalue weighted by atomic mass is 10.3. The molecule has 0 spiro atoms. The van der Waals surface area contributed by atoms with E-state index in [2.05, 4.69) is 15.9 Å². The van der Waals surface area contributed by atoms with Crippen LogP contribution in [0.5, 0.6) is 11.5 Å². The minimum atomic E-state index is 0.674. The first-order valence-corrected chi connectivity index (χ1v) is 4.82. The molecule has 1 aromatic rings. The highest BCUT2D eigenvalue weighted by atomic mass is 79.9. The molecule has 0 aliphatic rings. The van der Waals surface area contributed by atoms with Gasteiger partial charge in [-0.25, -0.2) is 0 Å². The zero-order valence-corrected chi connectivity index (χ0v) is 8.50. The maximum Gasteiger partial charge on any atom is 0.123 e. The van der Waals surface area contributed by atoms with E-state index in [9.17, 15) is 0 Å². The van der Waals surface area contributed by atoms with Crippen LogP contribution in [0, 0.1) is 0 Å². The molecule has 2 nitrogen and oxygen atoms in total. The third-order valence-electron chi connectivity index (χ3n) is 1.39. The molecule has 0 aliphatic carbocycles. The summed E-state index contributed by atoms with van der Waals surface area (Å²) in [5.74, 6) is 1.66. The Morgan fingerprint density at radius 2 is 2.08 bits per heavy atom. The van der Waals surface area contributed by atoms with E-state index in [-0.39, 0.29) is 0 Å². The third kappa shape index (κ3) is 2.74. The lowest BCUT2D eigenvalue weighted by molar-refractivity contribution is 0.340. The summed E-state index contributed by atoms with van der Waals surface area (Å²) in [5, 5.41) is 0.838. The smallest absolute Gasteiger partial charge is 0.123 e. The number of hydrogen-bond donors (Lipinski definition) is 0. The summed E-state index contributed by atoms with van der Waals surface area (Å²) in [6.07, 6.45) is 0. The molecule has 0 saturated carbocycles. The monoisotopic (exact) mass is 230 g/mol. The van der Waals surface area contributed by atoms with Gasteiger partial charge in [-0.3, -0.25) is 0 Å². The van der Waals surface area contributed by atoms with Crippen LogP contribution < -0.4 is 9.47 Å². The van der Waals surface area contributed by atoms with Crippen molar-refractivity contribution in [2.24, 2.45) is 0 Å². The van der Waals surface area contributed by atoms with Crippen LogP contribution in [0.3, 0.4) is 0 Å². The summed E-state index contributed by atoms with van der Waals surface area (Å²) in [7, 11) is 1.64. The van der Waals surface area contributed by atoms with Gasteiger partial charge in [0.2, 0.25) is 0 Å². The van der Waals surface area contributed by atoms with E-state index in [4.69, 9.17) is 9.47 Å². The average Bonchev–Trinajstić information content (AvgIpc) is 2.15. The van der Waals surface area contributed by atoms with Crippen molar-refractivity contribution >= 4 is 15.9 Å². The van der Waals surface area contributed by atoms with Gasteiger partial charge in [0.1, 0.15) is 11.5 Å². The van der Waals surface area contributed by atoms with Crippen LogP contribution in [0.4, 0.5) is 0 Å². The molecule has 0 N–H and O–H groups in total. The van der Waals surface area contributed by atoms with E-state index >= 15 is 0 Å². The lowest BCUT2D eigenvalue weighted by Gasteiger charge is -2.05. The zero-order chi connectivity index (χ0) is 8.81. The van der Waals surface area contributed by atoms with Gasteiger partial charge in [-0.15, -0.1) is 0 Å². The highest BCUT2D eigenvalue weighted by Crippen LogP contribution is 2.18. The molecule has 0 radical (unpaired) electrons. The number of benzene rings is 1. The summed E-state index contributed by atoms with van der Waals surface area (Å²) < 4.78 is 10.4. The molecule has 1 aromatic carbocycles. The highest BCUT2D eigenvalue weighted by molar-refractivity contribution is 9.09. The third-order valence-corrected chi connectivity index (χ3v) is 1.71. The molecule has 0 heterocycles. The summed E-state index contributed by atoms with van der Waals surface area (Å²) in [6, 6.07) is 7.57. The lowest BCUT2D eigenvalue weighted by Crippen LogP contribution is -1.97. The molecule has 12 heavy (non-hydrogen) atoms. The summed E-state index contributed by atoms with van der Waals surface area (Å²) in [5.41, 5.74) is 0. The van der Waals surface area contributed by atoms with Crippen molar-refractivity contribution in [1.29, 1.82) is 0 Å². The van der Waals surface area contributed by atoms with Crippen LogP contribution in [-0.2, 0) is 0 Å². The summed E-state index contributed by atoms with van der Waals surface area (Å²) >= 11 is 3.29. The van der Waals surface area contributed by atoms with E-state index in [0.717, 1.165) is 16.8 Å². The van der Waals surface area contributed by atoms with Crippen LogP contribution in [0.15, 0.2) is 24.3 Å². The van der Waals surface area contributed by atoms with E-state index in [1.54, 1.807) is 7.11 Å². The fourth-order valence-corrected chi connectivity index (χ4v) is 1.01. The van der Waals surface area contributed by atoms with Crippen molar-refractivity contribution in [2.45, 2.75) is 0 Å². The second-order valence-corrected chi connectivity index (χ2v) is 3.01. The molecule has 3 heteroatoms. The van der Waals surface area contributed by atoms with Crippen molar-refractivity contribution in [3.8, 4) is 11.5 Å². The normalized spacial score (nSPS) is 9.50. The van der Waals surface area contributed by atoms with Crippen molar-refractivity contribution in [3.63, 3.8) is 0 Å². The summed E-state index contributed by atoms with van der Waals surface area (Å²) in [6.45, 7) is 0.674. The quantitative estimate of drug-likeness (QED) is 0.741. The van der Waals surface area contributed by atoms with Crippen molar-refractivity contribution in [3.05, 3.63) is 24.3 Å². The Kier molecular flexibility index (Phi) is 3.94. The molecular formula is C9H11BrO2. The molecule has 0 aliphatic heterocycles. The van der Waals surface area contributed by atoms with E-state index in [1.807, 2.05) is 24.3 Å². The van der Waals surface area contributed by atoms with Crippen LogP contribution in [0.2, 0.25) is 0 Å². The van der Waals surface area contributed by atoms with Gasteiger partial charge in [0.25, 0.3) is 0 Å². The maximum atomic E-state index is 5.37. The highest BCUT2D eigenvalue weighted by Gasteiger charge is 1.94. The van der Waals surface area contributed by atoms with Crippen molar-refractivity contribution < 1.29 is 9.47 Å². The second-order valence-electron chi connectivity index (χ2n) is 2.22. The van der Waals surface area contributed by atoms with E-state index in [0.29, 0.717) is 6.61 Å². The second kappa shape index (κ2) is 5.04. The molecule has 66 valence electrons. The predicted molar refractivity (Wildman–Crippen MR) is 52.3 cm³/mol. The van der Waals surface area contributed by atoms with Crippen LogP contribution in [0.1, 0.15) is 0 Å². The minimum Gasteiger partial charge on any atom is -0.497 e. The van der Waals surface area contributed by atoms with E-state index < -0.39 is 0 Å². The molecule has 0 atom stereocenters. The Balaban J connectivity index is 2.60. The Bertz CT molecular complexity index is 238. The number of alkyl halides is 1. The van der Waals surface area contributed by atoms with Gasteiger partial charge >= 0.3 is 0 Å². The van der Waals surface area contributed by atoms with Gasteiger partial charge in [0.15, 0.2) is 0 Å². The van der Waals surface area contributed by atoms with Gasteiger partial charge in [0, 0.05) is 11.4 Å². The number of ether oxygens (including phenoxy) is 2. The fraction of sp³-hybridized carbons (Fsp3) is 0.333. The zero-order valence-electron chi connectivity index (χ0n) is 6.92. The maximum absolute atomic E-state index is 5.37. The Morgan fingerprint density at radius 3 is 2.75 bits per heavy atom. The molecular weight excluding hydrogens is 220 g/mol. The number of halogens is 1. The summed E-state index contributed by atoms with van der Waals surface area (Å²) in [4.78, 5) is 0. The fourth-order valence-electron chi connectivity index (χ4n) is 0.847. The van der Waals surface area contributed by atoms with Crippen LogP contribution in [0.25, 0.3) is 0 Å².